The number of nitrogens with zero attached hydrogens (tertiary/aromatic N) is 5. The topological polar surface area (TPSA) is 96.6 Å². The van der Waals surface area contributed by atoms with Crippen LogP contribution in [0.3, 0.4) is 0 Å². The number of nitrogens with one attached hydrogen (secondary N) is 1. The minimum absolute atomic E-state index is 0.152. The molecule has 1 aromatic carbocycles. The Kier molecular flexibility index (Phi) is 4.77. The molecule has 0 saturated carbocycles. The van der Waals surface area contributed by atoms with E-state index in [0.29, 0.717) is 10.2 Å². The third-order valence-corrected chi connectivity index (χ3v) is 6.46. The summed E-state index contributed by atoms with van der Waals surface area (Å²) >= 11 is 8.18. The van der Waals surface area contributed by atoms with Crippen molar-refractivity contribution in [1.82, 2.24) is 24.9 Å². The molecule has 1 atom stereocenters. The Labute approximate surface area is 177 Å². The molecule has 1 saturated heterocycles. The molecule has 1 aliphatic heterocycles. The van der Waals surface area contributed by atoms with Crippen LogP contribution >= 0.6 is 23.4 Å². The minimum Gasteiger partial charge on any atom is -0.354 e. The van der Waals surface area contributed by atoms with Gasteiger partial charge in [-0.05, 0) is 36.7 Å². The van der Waals surface area contributed by atoms with Crippen LogP contribution < -0.4 is 10.6 Å². The Morgan fingerprint density at radius 2 is 2.24 bits per heavy atom. The van der Waals surface area contributed by atoms with E-state index < -0.39 is 0 Å². The fraction of sp³-hybridized carbons (Fsp3) is 0.300. The van der Waals surface area contributed by atoms with E-state index >= 15 is 0 Å². The van der Waals surface area contributed by atoms with E-state index in [1.165, 1.54) is 11.8 Å². The fourth-order valence-corrected chi connectivity index (χ4v) is 4.83. The molecular formula is C20H20ClN7S. The molecule has 4 heterocycles. The number of H-pyrrole nitrogens is 1. The van der Waals surface area contributed by atoms with Gasteiger partial charge in [0.2, 0.25) is 0 Å². The Bertz CT molecular complexity index is 1210. The van der Waals surface area contributed by atoms with Gasteiger partial charge >= 0.3 is 0 Å². The third kappa shape index (κ3) is 3.41. The van der Waals surface area contributed by atoms with E-state index in [9.17, 15) is 0 Å². The molecule has 0 spiro atoms. The van der Waals surface area contributed by atoms with Crippen LogP contribution in [0.1, 0.15) is 19.0 Å². The lowest BCUT2D eigenvalue weighted by Gasteiger charge is -2.18. The quantitative estimate of drug-likeness (QED) is 0.480. The number of benzene rings is 1. The SMILES string of the molecule is CCc1[nH]c2nc(Sc3ccc4cncnc4c3)nc(N3CC[C@H](N)C3)c2c1Cl. The summed E-state index contributed by atoms with van der Waals surface area (Å²) in [5, 5.41) is 3.26. The Morgan fingerprint density at radius 3 is 3.03 bits per heavy atom. The van der Waals surface area contributed by atoms with Crippen molar-refractivity contribution in [2.45, 2.75) is 35.9 Å². The van der Waals surface area contributed by atoms with E-state index in [1.807, 2.05) is 18.2 Å². The van der Waals surface area contributed by atoms with E-state index in [0.717, 1.165) is 64.3 Å². The average molecular weight is 426 g/mol. The second kappa shape index (κ2) is 7.44. The van der Waals surface area contributed by atoms with Crippen LogP contribution in [0, 0.1) is 0 Å². The lowest BCUT2D eigenvalue weighted by Crippen LogP contribution is -2.27. The molecule has 4 aromatic rings. The van der Waals surface area contributed by atoms with Crippen LogP contribution in [0.2, 0.25) is 5.02 Å². The van der Waals surface area contributed by atoms with Gasteiger partial charge in [-0.3, -0.25) is 0 Å². The van der Waals surface area contributed by atoms with Crippen molar-refractivity contribution in [2.24, 2.45) is 5.73 Å². The van der Waals surface area contributed by atoms with Crippen molar-refractivity contribution in [3.8, 4) is 0 Å². The van der Waals surface area contributed by atoms with Crippen LogP contribution in [0.25, 0.3) is 21.9 Å². The predicted octanol–water partition coefficient (Wildman–Crippen LogP) is 3.81. The Hall–Kier alpha value is -2.42. The number of aryl methyl sites for hydroxylation is 1. The molecule has 0 bridgehead atoms. The maximum absolute atomic E-state index is 6.66. The highest BCUT2D eigenvalue weighted by atomic mass is 35.5. The third-order valence-electron chi connectivity index (χ3n) is 5.19. The Balaban J connectivity index is 1.59. The first kappa shape index (κ1) is 18.6. The van der Waals surface area contributed by atoms with E-state index in [4.69, 9.17) is 27.3 Å². The van der Waals surface area contributed by atoms with Gasteiger partial charge in [0.1, 0.15) is 17.8 Å². The zero-order valence-electron chi connectivity index (χ0n) is 15.9. The molecule has 0 amide bonds. The maximum Gasteiger partial charge on any atom is 0.196 e. The number of nitrogens with two attached hydrogens (primary N) is 1. The number of rotatable bonds is 4. The standard InChI is InChI=1S/C20H20ClN7S/c1-2-14-17(21)16-18(25-14)26-20(27-19(16)28-6-5-12(22)9-28)29-13-4-3-11-8-23-10-24-15(11)7-13/h3-4,7-8,10,12H,2,5-6,9,22H2,1H3,(H,25,26,27)/t12-/m0/s1. The fourth-order valence-electron chi connectivity index (χ4n) is 3.69. The van der Waals surface area contributed by atoms with Crippen molar-refractivity contribution in [3.05, 3.63) is 41.4 Å². The lowest BCUT2D eigenvalue weighted by molar-refractivity contribution is 0.751. The average Bonchev–Trinajstić information content (AvgIpc) is 3.30. The van der Waals surface area contributed by atoms with Gasteiger partial charge in [0.15, 0.2) is 5.16 Å². The minimum atomic E-state index is 0.152. The maximum atomic E-state index is 6.66. The first-order chi connectivity index (χ1) is 14.1. The second-order valence-electron chi connectivity index (χ2n) is 7.16. The highest BCUT2D eigenvalue weighted by Crippen LogP contribution is 2.37. The molecule has 3 N–H and O–H groups in total. The van der Waals surface area contributed by atoms with E-state index in [-0.39, 0.29) is 6.04 Å². The predicted molar refractivity (Wildman–Crippen MR) is 117 cm³/mol. The largest absolute Gasteiger partial charge is 0.354 e. The Morgan fingerprint density at radius 1 is 1.34 bits per heavy atom. The summed E-state index contributed by atoms with van der Waals surface area (Å²) in [6, 6.07) is 6.23. The summed E-state index contributed by atoms with van der Waals surface area (Å²) in [6.07, 6.45) is 5.12. The van der Waals surface area contributed by atoms with Crippen LogP contribution in [-0.2, 0) is 6.42 Å². The van der Waals surface area contributed by atoms with Crippen LogP contribution in [0.5, 0.6) is 0 Å². The normalized spacial score (nSPS) is 16.9. The first-order valence-electron chi connectivity index (χ1n) is 9.58. The first-order valence-corrected chi connectivity index (χ1v) is 10.8. The molecular weight excluding hydrogens is 406 g/mol. The molecule has 0 aliphatic carbocycles. The molecule has 1 fully saturated rings. The monoisotopic (exact) mass is 425 g/mol. The zero-order valence-corrected chi connectivity index (χ0v) is 17.5. The number of anilines is 1. The highest BCUT2D eigenvalue weighted by Gasteiger charge is 2.26. The van der Waals surface area contributed by atoms with Gasteiger partial charge in [-0.1, -0.05) is 24.6 Å². The van der Waals surface area contributed by atoms with Crippen LogP contribution in [-0.4, -0.2) is 44.1 Å². The molecule has 5 rings (SSSR count). The van der Waals surface area contributed by atoms with Crippen LogP contribution in [0.15, 0.2) is 40.8 Å². The van der Waals surface area contributed by atoms with E-state index in [2.05, 4.69) is 26.8 Å². The van der Waals surface area contributed by atoms with Gasteiger partial charge in [0, 0.05) is 41.3 Å². The summed E-state index contributed by atoms with van der Waals surface area (Å²) in [4.78, 5) is 24.6. The van der Waals surface area contributed by atoms with Gasteiger partial charge in [0.05, 0.1) is 15.9 Å². The summed E-state index contributed by atoms with van der Waals surface area (Å²) in [5.74, 6) is 0.856. The summed E-state index contributed by atoms with van der Waals surface area (Å²) in [7, 11) is 0. The molecule has 29 heavy (non-hydrogen) atoms. The molecule has 0 radical (unpaired) electrons. The second-order valence-corrected chi connectivity index (χ2v) is 8.58. The summed E-state index contributed by atoms with van der Waals surface area (Å²) < 4.78 is 0. The molecule has 0 unspecified atom stereocenters. The highest BCUT2D eigenvalue weighted by molar-refractivity contribution is 7.99. The lowest BCUT2D eigenvalue weighted by atomic mass is 10.2. The van der Waals surface area contributed by atoms with Crippen molar-refractivity contribution in [1.29, 1.82) is 0 Å². The molecule has 3 aromatic heterocycles. The van der Waals surface area contributed by atoms with E-state index in [1.54, 1.807) is 12.5 Å². The van der Waals surface area contributed by atoms with Crippen molar-refractivity contribution < 1.29 is 0 Å². The van der Waals surface area contributed by atoms with Gasteiger partial charge in [-0.25, -0.2) is 19.9 Å². The van der Waals surface area contributed by atoms with Crippen molar-refractivity contribution >= 4 is 51.1 Å². The number of hydrogen-bond acceptors (Lipinski definition) is 7. The van der Waals surface area contributed by atoms with Crippen molar-refractivity contribution in [2.75, 3.05) is 18.0 Å². The molecule has 7 nitrogen and oxygen atoms in total. The number of aromatic nitrogens is 5. The molecule has 1 aliphatic rings. The molecule has 9 heteroatoms. The molecule has 148 valence electrons. The smallest absolute Gasteiger partial charge is 0.196 e. The summed E-state index contributed by atoms with van der Waals surface area (Å²) in [6.45, 7) is 3.71. The number of aromatic amines is 1. The van der Waals surface area contributed by atoms with Gasteiger partial charge < -0.3 is 15.6 Å². The number of halogens is 1. The summed E-state index contributed by atoms with van der Waals surface area (Å²) in [5.41, 5.74) is 8.79. The number of hydrogen-bond donors (Lipinski definition) is 2. The zero-order chi connectivity index (χ0) is 20.0. The van der Waals surface area contributed by atoms with Gasteiger partial charge in [-0.15, -0.1) is 0 Å². The van der Waals surface area contributed by atoms with Crippen LogP contribution in [0.4, 0.5) is 5.82 Å². The number of fused-ring (bicyclic) bond motifs is 2. The van der Waals surface area contributed by atoms with Gasteiger partial charge in [0.25, 0.3) is 0 Å². The van der Waals surface area contributed by atoms with Crippen molar-refractivity contribution in [3.63, 3.8) is 0 Å². The van der Waals surface area contributed by atoms with Gasteiger partial charge in [-0.2, -0.15) is 0 Å².